The second-order valence-corrected chi connectivity index (χ2v) is 5.13. The summed E-state index contributed by atoms with van der Waals surface area (Å²) < 4.78 is 0. The molecule has 0 fully saturated rings. The molecule has 1 aliphatic carbocycles. The number of ketones is 1. The summed E-state index contributed by atoms with van der Waals surface area (Å²) in [5, 5.41) is 2.85. The molecule has 1 atom stereocenters. The number of rotatable bonds is 3. The maximum atomic E-state index is 11.9. The van der Waals surface area contributed by atoms with Crippen molar-refractivity contribution in [1.82, 2.24) is 5.32 Å². The van der Waals surface area contributed by atoms with Crippen molar-refractivity contribution in [3.63, 3.8) is 0 Å². The molecule has 0 bridgehead atoms. The Labute approximate surface area is 125 Å². The van der Waals surface area contributed by atoms with Gasteiger partial charge in [0, 0.05) is 17.0 Å². The molecular formula is C18H19NO2. The molecule has 0 aliphatic heterocycles. The molecule has 0 aromatic heterocycles. The van der Waals surface area contributed by atoms with Crippen molar-refractivity contribution < 1.29 is 9.59 Å². The Balaban J connectivity index is 1.82. The summed E-state index contributed by atoms with van der Waals surface area (Å²) in [4.78, 5) is 23.0. The van der Waals surface area contributed by atoms with Gasteiger partial charge < -0.3 is 5.32 Å². The molecule has 21 heavy (non-hydrogen) atoms. The standard InChI is InChI=1S/C18H19NO2/c1-14(20)16-11-9-15(10-12-16)6-5-13-19-18(21)17-7-3-2-4-8-17/h2-3,9-12,17H,4,7-8,13H2,1H3,(H,19,21). The smallest absolute Gasteiger partial charge is 0.224 e. The third-order valence-corrected chi connectivity index (χ3v) is 3.52. The molecule has 0 spiro atoms. The van der Waals surface area contributed by atoms with Crippen molar-refractivity contribution in [2.75, 3.05) is 6.54 Å². The highest BCUT2D eigenvalue weighted by Crippen LogP contribution is 2.17. The first kappa shape index (κ1) is 15.1. The lowest BCUT2D eigenvalue weighted by molar-refractivity contribution is -0.124. The van der Waals surface area contributed by atoms with Crippen LogP contribution in [0.3, 0.4) is 0 Å². The van der Waals surface area contributed by atoms with Crippen LogP contribution in [0.5, 0.6) is 0 Å². The molecule has 1 N–H and O–H groups in total. The number of hydrogen-bond donors (Lipinski definition) is 1. The van der Waals surface area contributed by atoms with E-state index in [1.807, 2.05) is 12.1 Å². The Morgan fingerprint density at radius 2 is 2.00 bits per heavy atom. The van der Waals surface area contributed by atoms with Crippen LogP contribution in [0.2, 0.25) is 0 Å². The van der Waals surface area contributed by atoms with Crippen LogP contribution in [0.25, 0.3) is 0 Å². The molecule has 3 nitrogen and oxygen atoms in total. The normalized spacial score (nSPS) is 16.7. The predicted molar refractivity (Wildman–Crippen MR) is 82.8 cm³/mol. The first-order valence-corrected chi connectivity index (χ1v) is 7.19. The molecule has 1 aromatic carbocycles. The Hall–Kier alpha value is -2.34. The van der Waals surface area contributed by atoms with E-state index in [4.69, 9.17) is 0 Å². The van der Waals surface area contributed by atoms with E-state index in [-0.39, 0.29) is 17.6 Å². The third-order valence-electron chi connectivity index (χ3n) is 3.52. The maximum Gasteiger partial charge on any atom is 0.224 e. The first-order valence-electron chi connectivity index (χ1n) is 7.19. The van der Waals surface area contributed by atoms with Crippen molar-refractivity contribution >= 4 is 11.7 Å². The van der Waals surface area contributed by atoms with Gasteiger partial charge in [-0.2, -0.15) is 0 Å². The van der Waals surface area contributed by atoms with E-state index in [0.717, 1.165) is 24.8 Å². The fourth-order valence-electron chi connectivity index (χ4n) is 2.24. The minimum atomic E-state index is 0.0447. The highest BCUT2D eigenvalue weighted by Gasteiger charge is 2.17. The number of benzene rings is 1. The first-order chi connectivity index (χ1) is 10.2. The van der Waals surface area contributed by atoms with E-state index in [1.165, 1.54) is 6.92 Å². The summed E-state index contributed by atoms with van der Waals surface area (Å²) in [5.74, 6) is 6.13. The van der Waals surface area contributed by atoms with Crippen molar-refractivity contribution in [2.45, 2.75) is 26.2 Å². The van der Waals surface area contributed by atoms with Crippen LogP contribution >= 0.6 is 0 Å². The lowest BCUT2D eigenvalue weighted by atomic mass is 9.94. The molecule has 2 rings (SSSR count). The second-order valence-electron chi connectivity index (χ2n) is 5.13. The molecule has 3 heteroatoms. The average Bonchev–Trinajstić information content (AvgIpc) is 2.52. The molecule has 0 saturated carbocycles. The van der Waals surface area contributed by atoms with Crippen molar-refractivity contribution in [1.29, 1.82) is 0 Å². The summed E-state index contributed by atoms with van der Waals surface area (Å²) in [5.41, 5.74) is 1.52. The van der Waals surface area contributed by atoms with Gasteiger partial charge in [0.15, 0.2) is 5.78 Å². The van der Waals surface area contributed by atoms with Gasteiger partial charge in [0.05, 0.1) is 6.54 Å². The molecule has 1 aliphatic rings. The SMILES string of the molecule is CC(=O)c1ccc(C#CCNC(=O)C2CC=CCC2)cc1. The summed E-state index contributed by atoms with van der Waals surface area (Å²) in [6.45, 7) is 1.89. The van der Waals surface area contributed by atoms with Gasteiger partial charge in [-0.05, 0) is 38.3 Å². The molecular weight excluding hydrogens is 262 g/mol. The molecule has 0 radical (unpaired) electrons. The quantitative estimate of drug-likeness (QED) is 0.526. The highest BCUT2D eigenvalue weighted by atomic mass is 16.1. The van der Waals surface area contributed by atoms with Crippen LogP contribution in [0.15, 0.2) is 36.4 Å². The summed E-state index contributed by atoms with van der Waals surface area (Å²) in [6.07, 6.45) is 6.91. The number of carbonyl (C=O) groups is 2. The number of nitrogens with one attached hydrogen (secondary N) is 1. The second kappa shape index (κ2) is 7.44. The van der Waals surface area contributed by atoms with Gasteiger partial charge in [-0.15, -0.1) is 0 Å². The van der Waals surface area contributed by atoms with Crippen LogP contribution in [0, 0.1) is 17.8 Å². The number of hydrogen-bond acceptors (Lipinski definition) is 2. The van der Waals surface area contributed by atoms with Gasteiger partial charge in [0.25, 0.3) is 0 Å². The van der Waals surface area contributed by atoms with E-state index in [0.29, 0.717) is 12.1 Å². The van der Waals surface area contributed by atoms with Crippen molar-refractivity contribution in [2.24, 2.45) is 5.92 Å². The van der Waals surface area contributed by atoms with Gasteiger partial charge in [0.1, 0.15) is 0 Å². The van der Waals surface area contributed by atoms with Crippen LogP contribution < -0.4 is 5.32 Å². The predicted octanol–water partition coefficient (Wildman–Crippen LogP) is 2.71. The van der Waals surface area contributed by atoms with E-state index in [1.54, 1.807) is 12.1 Å². The topological polar surface area (TPSA) is 46.2 Å². The maximum absolute atomic E-state index is 11.9. The zero-order chi connectivity index (χ0) is 15.1. The van der Waals surface area contributed by atoms with E-state index in [9.17, 15) is 9.59 Å². The monoisotopic (exact) mass is 281 g/mol. The van der Waals surface area contributed by atoms with Crippen molar-refractivity contribution in [3.8, 4) is 11.8 Å². The zero-order valence-corrected chi connectivity index (χ0v) is 12.2. The van der Waals surface area contributed by atoms with Gasteiger partial charge >= 0.3 is 0 Å². The fourth-order valence-corrected chi connectivity index (χ4v) is 2.24. The zero-order valence-electron chi connectivity index (χ0n) is 12.2. The third kappa shape index (κ3) is 4.61. The van der Waals surface area contributed by atoms with Gasteiger partial charge in [0.2, 0.25) is 5.91 Å². The molecule has 1 unspecified atom stereocenters. The molecule has 108 valence electrons. The van der Waals surface area contributed by atoms with Crippen LogP contribution in [-0.4, -0.2) is 18.2 Å². The minimum absolute atomic E-state index is 0.0447. The Morgan fingerprint density at radius 1 is 1.24 bits per heavy atom. The Bertz CT molecular complexity index is 602. The average molecular weight is 281 g/mol. The van der Waals surface area contributed by atoms with Crippen LogP contribution in [0.1, 0.15) is 42.1 Å². The lowest BCUT2D eigenvalue weighted by Gasteiger charge is -2.16. The number of amides is 1. The number of allylic oxidation sites excluding steroid dienone is 2. The lowest BCUT2D eigenvalue weighted by Crippen LogP contribution is -2.31. The van der Waals surface area contributed by atoms with Gasteiger partial charge in [-0.1, -0.05) is 36.1 Å². The van der Waals surface area contributed by atoms with Crippen LogP contribution in [-0.2, 0) is 4.79 Å². The molecule has 1 amide bonds. The van der Waals surface area contributed by atoms with Gasteiger partial charge in [-0.25, -0.2) is 0 Å². The molecule has 0 saturated heterocycles. The van der Waals surface area contributed by atoms with Crippen molar-refractivity contribution in [3.05, 3.63) is 47.5 Å². The Morgan fingerprint density at radius 3 is 2.62 bits per heavy atom. The molecule has 0 heterocycles. The summed E-state index contributed by atoms with van der Waals surface area (Å²) >= 11 is 0. The van der Waals surface area contributed by atoms with Gasteiger partial charge in [-0.3, -0.25) is 9.59 Å². The number of carbonyl (C=O) groups excluding carboxylic acids is 2. The minimum Gasteiger partial charge on any atom is -0.345 e. The number of Topliss-reactive ketones (excluding diaryl/α,β-unsaturated/α-hetero) is 1. The Kier molecular flexibility index (Phi) is 5.34. The fraction of sp³-hybridized carbons (Fsp3) is 0.333. The van der Waals surface area contributed by atoms with Crippen LogP contribution in [0.4, 0.5) is 0 Å². The summed E-state index contributed by atoms with van der Waals surface area (Å²) in [7, 11) is 0. The molecule has 1 aromatic rings. The van der Waals surface area contributed by atoms with E-state index < -0.39 is 0 Å². The van der Waals surface area contributed by atoms with E-state index >= 15 is 0 Å². The summed E-state index contributed by atoms with van der Waals surface area (Å²) in [6, 6.07) is 7.16. The van der Waals surface area contributed by atoms with E-state index in [2.05, 4.69) is 29.3 Å². The highest BCUT2D eigenvalue weighted by molar-refractivity contribution is 5.94. The largest absolute Gasteiger partial charge is 0.345 e.